The quantitative estimate of drug-likeness (QED) is 0.494. The first-order chi connectivity index (χ1) is 14.9. The second-order valence-electron chi connectivity index (χ2n) is 9.13. The van der Waals surface area contributed by atoms with E-state index >= 15 is 0 Å². The van der Waals surface area contributed by atoms with Crippen LogP contribution in [0.25, 0.3) is 0 Å². The monoisotopic (exact) mass is 426 g/mol. The molecule has 1 aromatic carbocycles. The maximum Gasteiger partial charge on any atom is 0.307 e. The highest BCUT2D eigenvalue weighted by molar-refractivity contribution is 5.96. The number of allylic oxidation sites excluding steroid dienone is 2. The predicted molar refractivity (Wildman–Crippen MR) is 114 cm³/mol. The van der Waals surface area contributed by atoms with Crippen LogP contribution < -0.4 is 15.6 Å². The number of amides is 2. The fourth-order valence-corrected chi connectivity index (χ4v) is 5.76. The van der Waals surface area contributed by atoms with Crippen LogP contribution >= 0.6 is 0 Å². The van der Waals surface area contributed by atoms with E-state index < -0.39 is 29.6 Å². The lowest BCUT2D eigenvalue weighted by Crippen LogP contribution is -2.48. The zero-order valence-electron chi connectivity index (χ0n) is 18.0. The van der Waals surface area contributed by atoms with Gasteiger partial charge in [-0.1, -0.05) is 11.1 Å². The van der Waals surface area contributed by atoms with Crippen molar-refractivity contribution in [3.05, 3.63) is 41.0 Å². The maximum absolute atomic E-state index is 12.9. The number of ether oxygens (including phenoxy) is 1. The molecule has 4 atom stereocenters. The molecular weight excluding hydrogens is 396 g/mol. The van der Waals surface area contributed by atoms with Crippen molar-refractivity contribution < 1.29 is 24.2 Å². The largest absolute Gasteiger partial charge is 0.490 e. The normalized spacial score (nSPS) is 27.2. The van der Waals surface area contributed by atoms with Crippen molar-refractivity contribution in [1.29, 1.82) is 0 Å². The molecule has 2 amide bonds. The number of hydrogen-bond acceptors (Lipinski definition) is 4. The molecule has 0 spiro atoms. The molecule has 7 nitrogen and oxygen atoms in total. The van der Waals surface area contributed by atoms with Crippen LogP contribution in [0.5, 0.6) is 5.75 Å². The summed E-state index contributed by atoms with van der Waals surface area (Å²) in [6.45, 7) is 3.95. The summed E-state index contributed by atoms with van der Waals surface area (Å²) in [5.41, 5.74) is 7.51. The van der Waals surface area contributed by atoms with Gasteiger partial charge in [-0.15, -0.1) is 0 Å². The summed E-state index contributed by atoms with van der Waals surface area (Å²) in [4.78, 5) is 37.2. The van der Waals surface area contributed by atoms with E-state index in [4.69, 9.17) is 4.74 Å². The Kier molecular flexibility index (Phi) is 6.03. The minimum atomic E-state index is -0.949. The van der Waals surface area contributed by atoms with Crippen LogP contribution in [0.3, 0.4) is 0 Å². The van der Waals surface area contributed by atoms with Gasteiger partial charge in [-0.3, -0.25) is 25.2 Å². The van der Waals surface area contributed by atoms with Gasteiger partial charge in [0.25, 0.3) is 5.91 Å². The first-order valence-electron chi connectivity index (χ1n) is 11.1. The summed E-state index contributed by atoms with van der Waals surface area (Å²) in [5, 5.41) is 9.74. The summed E-state index contributed by atoms with van der Waals surface area (Å²) in [5.74, 6) is -2.67. The molecule has 3 aliphatic carbocycles. The third-order valence-electron chi connectivity index (χ3n) is 7.03. The zero-order valence-corrected chi connectivity index (χ0v) is 18.0. The lowest BCUT2D eigenvalue weighted by atomic mass is 9.79. The second-order valence-corrected chi connectivity index (χ2v) is 9.13. The first kappa shape index (κ1) is 21.4. The molecule has 31 heavy (non-hydrogen) atoms. The molecule has 0 aromatic heterocycles. The number of rotatable bonds is 5. The minimum Gasteiger partial charge on any atom is -0.490 e. The summed E-state index contributed by atoms with van der Waals surface area (Å²) >= 11 is 0. The Morgan fingerprint density at radius 2 is 1.52 bits per heavy atom. The van der Waals surface area contributed by atoms with Crippen molar-refractivity contribution in [1.82, 2.24) is 10.9 Å². The average molecular weight is 427 g/mol. The summed E-state index contributed by atoms with van der Waals surface area (Å²) in [6, 6.07) is 6.83. The number of hydrazine groups is 1. The predicted octanol–water partition coefficient (Wildman–Crippen LogP) is 3.46. The van der Waals surface area contributed by atoms with Gasteiger partial charge in [0.15, 0.2) is 0 Å². The number of hydrogen-bond donors (Lipinski definition) is 3. The number of benzene rings is 1. The molecule has 4 rings (SSSR count). The molecule has 0 radical (unpaired) electrons. The van der Waals surface area contributed by atoms with Crippen molar-refractivity contribution in [2.24, 2.45) is 23.7 Å². The Morgan fingerprint density at radius 3 is 2.10 bits per heavy atom. The van der Waals surface area contributed by atoms with E-state index in [0.717, 1.165) is 42.6 Å². The zero-order chi connectivity index (χ0) is 22.1. The third-order valence-corrected chi connectivity index (χ3v) is 7.03. The Morgan fingerprint density at radius 1 is 0.903 bits per heavy atom. The van der Waals surface area contributed by atoms with Crippen molar-refractivity contribution >= 4 is 17.8 Å². The van der Waals surface area contributed by atoms with Gasteiger partial charge in [-0.2, -0.15) is 0 Å². The molecule has 0 heterocycles. The van der Waals surface area contributed by atoms with Crippen LogP contribution in [-0.4, -0.2) is 29.0 Å². The van der Waals surface area contributed by atoms with Gasteiger partial charge in [0.1, 0.15) is 5.75 Å². The SMILES string of the molecule is CC(C)=C1[C@@H]2CC[C@@H]1[C@@H](C(=O)NNC(=O)c1ccc(OC3CCCC3)cc1)[C@H]2C(=O)O. The van der Waals surface area contributed by atoms with Gasteiger partial charge < -0.3 is 9.84 Å². The molecule has 3 fully saturated rings. The van der Waals surface area contributed by atoms with E-state index in [1.807, 2.05) is 13.8 Å². The molecular formula is C24H30N2O5. The number of carbonyl (C=O) groups is 3. The van der Waals surface area contributed by atoms with Crippen molar-refractivity contribution in [2.75, 3.05) is 0 Å². The molecule has 2 bridgehead atoms. The third kappa shape index (κ3) is 4.18. The number of carboxylic acids is 1. The molecule has 0 unspecified atom stereocenters. The second kappa shape index (κ2) is 8.73. The standard InChI is InChI=1S/C24H30N2O5/c1-13(2)19-17-11-12-18(19)21(24(29)30)20(17)23(28)26-25-22(27)14-7-9-16(10-8-14)31-15-5-3-4-6-15/h7-10,15,17-18,20-21H,3-6,11-12H2,1-2H3,(H,25,27)(H,26,28)(H,29,30)/t17-,18-,20+,21-/m0/s1. The summed E-state index contributed by atoms with van der Waals surface area (Å²) in [7, 11) is 0. The Balaban J connectivity index is 1.37. The summed E-state index contributed by atoms with van der Waals surface area (Å²) in [6.07, 6.45) is 6.34. The van der Waals surface area contributed by atoms with E-state index in [1.165, 1.54) is 12.8 Å². The van der Waals surface area contributed by atoms with Crippen molar-refractivity contribution in [2.45, 2.75) is 58.5 Å². The summed E-state index contributed by atoms with van der Waals surface area (Å²) < 4.78 is 5.91. The van der Waals surface area contributed by atoms with E-state index in [-0.39, 0.29) is 17.9 Å². The highest BCUT2D eigenvalue weighted by atomic mass is 16.5. The number of nitrogens with one attached hydrogen (secondary N) is 2. The van der Waals surface area contributed by atoms with Gasteiger partial charge in [0.05, 0.1) is 17.9 Å². The van der Waals surface area contributed by atoms with Gasteiger partial charge in [0.2, 0.25) is 5.91 Å². The molecule has 166 valence electrons. The molecule has 3 N–H and O–H groups in total. The van der Waals surface area contributed by atoms with Crippen LogP contribution in [0.2, 0.25) is 0 Å². The van der Waals surface area contributed by atoms with Crippen molar-refractivity contribution in [3.63, 3.8) is 0 Å². The molecule has 3 aliphatic rings. The van der Waals surface area contributed by atoms with Crippen molar-refractivity contribution in [3.8, 4) is 5.75 Å². The Labute approximate surface area is 182 Å². The fourth-order valence-electron chi connectivity index (χ4n) is 5.76. The molecule has 3 saturated carbocycles. The minimum absolute atomic E-state index is 0.0694. The molecule has 0 aliphatic heterocycles. The highest BCUT2D eigenvalue weighted by Gasteiger charge is 2.57. The molecule has 1 aromatic rings. The Bertz CT molecular complexity index is 897. The van der Waals surface area contributed by atoms with Crippen LogP contribution in [0, 0.1) is 23.7 Å². The van der Waals surface area contributed by atoms with Gasteiger partial charge in [-0.05, 0) is 88.5 Å². The maximum atomic E-state index is 12.9. The molecule has 7 heteroatoms. The number of fused-ring (bicyclic) bond motifs is 2. The molecule has 0 saturated heterocycles. The highest BCUT2D eigenvalue weighted by Crippen LogP contribution is 2.57. The first-order valence-corrected chi connectivity index (χ1v) is 11.1. The number of carbonyl (C=O) groups excluding carboxylic acids is 2. The van der Waals surface area contributed by atoms with Crippen LogP contribution in [0.1, 0.15) is 62.7 Å². The fraction of sp³-hybridized carbons (Fsp3) is 0.542. The van der Waals surface area contributed by atoms with E-state index in [0.29, 0.717) is 5.56 Å². The van der Waals surface area contributed by atoms with E-state index in [9.17, 15) is 19.5 Å². The van der Waals surface area contributed by atoms with Crippen LogP contribution in [0.4, 0.5) is 0 Å². The van der Waals surface area contributed by atoms with E-state index in [2.05, 4.69) is 10.9 Å². The van der Waals surface area contributed by atoms with Gasteiger partial charge in [0, 0.05) is 5.56 Å². The Hall–Kier alpha value is -2.83. The number of carboxylic acid groups (broad SMARTS) is 1. The van der Waals surface area contributed by atoms with Crippen LogP contribution in [-0.2, 0) is 9.59 Å². The average Bonchev–Trinajstić information content (AvgIpc) is 3.47. The smallest absolute Gasteiger partial charge is 0.307 e. The van der Waals surface area contributed by atoms with Crippen LogP contribution in [0.15, 0.2) is 35.4 Å². The lowest BCUT2D eigenvalue weighted by Gasteiger charge is -2.26. The van der Waals surface area contributed by atoms with Gasteiger partial charge >= 0.3 is 5.97 Å². The van der Waals surface area contributed by atoms with Gasteiger partial charge in [-0.25, -0.2) is 0 Å². The number of aliphatic carboxylic acids is 1. The van der Waals surface area contributed by atoms with E-state index in [1.54, 1.807) is 24.3 Å². The topological polar surface area (TPSA) is 105 Å². The lowest BCUT2D eigenvalue weighted by molar-refractivity contribution is -0.149.